The monoisotopic (exact) mass is 1440 g/mol. The molecule has 0 aliphatic rings. The number of esters is 4. The van der Waals surface area contributed by atoms with Gasteiger partial charge in [-0.3, -0.25) is 37.3 Å². The van der Waals surface area contributed by atoms with Crippen LogP contribution in [-0.4, -0.2) is 96.7 Å². The van der Waals surface area contributed by atoms with Crippen LogP contribution in [0.1, 0.15) is 414 Å². The fraction of sp³-hybridized carbons (Fsp3) is 0.949. The average Bonchev–Trinajstić information content (AvgIpc) is 0.940. The third kappa shape index (κ3) is 71.1. The molecule has 0 rings (SSSR count). The van der Waals surface area contributed by atoms with Crippen LogP contribution in [0.2, 0.25) is 0 Å². The highest BCUT2D eigenvalue weighted by atomic mass is 31.2. The number of carbonyl (C=O) groups is 4. The number of rotatable bonds is 78. The fourth-order valence-electron chi connectivity index (χ4n) is 12.2. The summed E-state index contributed by atoms with van der Waals surface area (Å²) < 4.78 is 68.5. The highest BCUT2D eigenvalue weighted by Crippen LogP contribution is 2.45. The number of carbonyl (C=O) groups excluding carboxylic acids is 4. The molecule has 0 amide bonds. The van der Waals surface area contributed by atoms with E-state index in [0.717, 1.165) is 102 Å². The molecule has 0 heterocycles. The average molecular weight is 1440 g/mol. The lowest BCUT2D eigenvalue weighted by Crippen LogP contribution is -2.30. The Kier molecular flexibility index (Phi) is 69.3. The summed E-state index contributed by atoms with van der Waals surface area (Å²) in [7, 11) is -9.91. The molecule has 19 heteroatoms. The van der Waals surface area contributed by atoms with Gasteiger partial charge in [-0.2, -0.15) is 0 Å². The standard InChI is InChI=1S/C79H154O17P2/c1-7-10-12-14-16-18-19-20-21-22-23-24-25-26-29-33-36-40-44-51-57-63-78(83)95-74(67-90-77(82)62-56-50-43-39-35-32-30-27-28-31-34-38-41-47-53-59-71(4)5)69-93-97(85,86)91-65-73(80)66-92-98(87,88)94-70-75(68-89-76(81)61-55-49-42-37-17-15-13-11-8-2)96-79(84)64-58-52-46-45-48-54-60-72(6)9-3/h71-75,80H,7-70H2,1-6H3,(H,85,86)(H,87,88)/t72?,73-,74-,75-/m1/s1. The molecule has 3 N–H and O–H groups in total. The van der Waals surface area contributed by atoms with E-state index < -0.39 is 97.5 Å². The zero-order chi connectivity index (χ0) is 72.1. The van der Waals surface area contributed by atoms with Crippen LogP contribution in [0.3, 0.4) is 0 Å². The minimum Gasteiger partial charge on any atom is -0.462 e. The van der Waals surface area contributed by atoms with Gasteiger partial charge in [0.05, 0.1) is 26.4 Å². The highest BCUT2D eigenvalue weighted by molar-refractivity contribution is 7.47. The summed E-state index contributed by atoms with van der Waals surface area (Å²) in [6, 6.07) is 0. The summed E-state index contributed by atoms with van der Waals surface area (Å²) in [6.07, 6.45) is 59.9. The maximum absolute atomic E-state index is 13.1. The smallest absolute Gasteiger partial charge is 0.462 e. The number of phosphoric acid groups is 2. The summed E-state index contributed by atoms with van der Waals surface area (Å²) in [4.78, 5) is 72.8. The Bertz CT molecular complexity index is 1890. The first-order valence-electron chi connectivity index (χ1n) is 41.0. The largest absolute Gasteiger partial charge is 0.472 e. The first kappa shape index (κ1) is 96.1. The van der Waals surface area contributed by atoms with Gasteiger partial charge < -0.3 is 33.8 Å². The summed E-state index contributed by atoms with van der Waals surface area (Å²) >= 11 is 0. The van der Waals surface area contributed by atoms with Crippen molar-refractivity contribution in [2.75, 3.05) is 39.6 Å². The Labute approximate surface area is 600 Å². The SMILES string of the molecule is CCCCCCCCCCCCCCCCCCCCCCCC(=O)O[C@H](COC(=O)CCCCCCCCCCCCCCCCCC(C)C)COP(=O)(O)OC[C@@H](O)COP(=O)(O)OC[C@@H](COC(=O)CCCCCCCCCCC)OC(=O)CCCCCCCCC(C)CC. The number of unbranched alkanes of at least 4 members (excludes halogenated alkanes) is 47. The van der Waals surface area contributed by atoms with Gasteiger partial charge in [0, 0.05) is 25.7 Å². The van der Waals surface area contributed by atoms with Gasteiger partial charge in [0.25, 0.3) is 0 Å². The van der Waals surface area contributed by atoms with Crippen LogP contribution in [0.4, 0.5) is 0 Å². The molecule has 0 bridgehead atoms. The van der Waals surface area contributed by atoms with E-state index in [9.17, 15) is 43.2 Å². The predicted octanol–water partition coefficient (Wildman–Crippen LogP) is 23.5. The molecule has 0 aliphatic carbocycles. The Morgan fingerprint density at radius 2 is 0.520 bits per heavy atom. The number of hydrogen-bond acceptors (Lipinski definition) is 15. The lowest BCUT2D eigenvalue weighted by atomic mass is 10.00. The Balaban J connectivity index is 5.18. The molecule has 0 spiro atoms. The second-order valence-electron chi connectivity index (χ2n) is 29.2. The molecule has 0 aliphatic heterocycles. The van der Waals surface area contributed by atoms with Crippen LogP contribution in [-0.2, 0) is 65.4 Å². The van der Waals surface area contributed by atoms with Gasteiger partial charge >= 0.3 is 39.5 Å². The van der Waals surface area contributed by atoms with Crippen molar-refractivity contribution in [1.29, 1.82) is 0 Å². The second-order valence-corrected chi connectivity index (χ2v) is 32.1. The van der Waals surface area contributed by atoms with Crippen LogP contribution >= 0.6 is 15.6 Å². The van der Waals surface area contributed by atoms with Gasteiger partial charge in [0.1, 0.15) is 19.3 Å². The molecular weight excluding hydrogens is 1280 g/mol. The summed E-state index contributed by atoms with van der Waals surface area (Å²) in [5, 5.41) is 10.6. The quantitative estimate of drug-likeness (QED) is 0.0222. The number of hydrogen-bond donors (Lipinski definition) is 3. The van der Waals surface area contributed by atoms with Crippen molar-refractivity contribution in [1.82, 2.24) is 0 Å². The van der Waals surface area contributed by atoms with Crippen LogP contribution in [0, 0.1) is 11.8 Å². The topological polar surface area (TPSA) is 237 Å². The Hall–Kier alpha value is -1.94. The maximum atomic E-state index is 13.1. The van der Waals surface area contributed by atoms with E-state index in [0.29, 0.717) is 25.7 Å². The molecule has 0 saturated heterocycles. The molecule has 0 radical (unpaired) electrons. The van der Waals surface area contributed by atoms with Crippen molar-refractivity contribution in [2.45, 2.75) is 432 Å². The van der Waals surface area contributed by atoms with E-state index in [1.165, 1.54) is 231 Å². The van der Waals surface area contributed by atoms with Crippen molar-refractivity contribution in [3.63, 3.8) is 0 Å². The van der Waals surface area contributed by atoms with E-state index in [2.05, 4.69) is 41.5 Å². The minimum absolute atomic E-state index is 0.103. The molecule has 6 atom stereocenters. The highest BCUT2D eigenvalue weighted by Gasteiger charge is 2.30. The van der Waals surface area contributed by atoms with E-state index in [-0.39, 0.29) is 25.7 Å². The van der Waals surface area contributed by atoms with Crippen molar-refractivity contribution in [2.24, 2.45) is 11.8 Å². The molecule has 17 nitrogen and oxygen atoms in total. The summed E-state index contributed by atoms with van der Waals surface area (Å²) in [6.45, 7) is 9.57. The molecule has 0 aromatic heterocycles. The lowest BCUT2D eigenvalue weighted by molar-refractivity contribution is -0.161. The van der Waals surface area contributed by atoms with Gasteiger partial charge in [-0.1, -0.05) is 363 Å². The van der Waals surface area contributed by atoms with Crippen molar-refractivity contribution < 1.29 is 80.2 Å². The molecule has 98 heavy (non-hydrogen) atoms. The first-order valence-corrected chi connectivity index (χ1v) is 44.0. The fourth-order valence-corrected chi connectivity index (χ4v) is 13.7. The van der Waals surface area contributed by atoms with Crippen molar-refractivity contribution in [3.05, 3.63) is 0 Å². The number of phosphoric ester groups is 2. The maximum Gasteiger partial charge on any atom is 0.472 e. The number of ether oxygens (including phenoxy) is 4. The molecule has 0 fully saturated rings. The summed E-state index contributed by atoms with van der Waals surface area (Å²) in [5.74, 6) is -0.590. The van der Waals surface area contributed by atoms with Gasteiger partial charge in [-0.05, 0) is 37.5 Å². The third-order valence-corrected chi connectivity index (χ3v) is 20.7. The first-order chi connectivity index (χ1) is 47.4. The molecular formula is C79H154O17P2. The Morgan fingerprint density at radius 1 is 0.296 bits per heavy atom. The van der Waals surface area contributed by atoms with Crippen LogP contribution in [0.15, 0.2) is 0 Å². The van der Waals surface area contributed by atoms with Crippen LogP contribution < -0.4 is 0 Å². The van der Waals surface area contributed by atoms with Crippen molar-refractivity contribution >= 4 is 39.5 Å². The second kappa shape index (κ2) is 70.7. The van der Waals surface area contributed by atoms with E-state index in [1.807, 2.05) is 0 Å². The molecule has 0 aromatic carbocycles. The van der Waals surface area contributed by atoms with Crippen LogP contribution in [0.25, 0.3) is 0 Å². The predicted molar refractivity (Wildman–Crippen MR) is 400 cm³/mol. The summed E-state index contributed by atoms with van der Waals surface area (Å²) in [5.41, 5.74) is 0. The molecule has 0 saturated carbocycles. The third-order valence-electron chi connectivity index (χ3n) is 18.8. The zero-order valence-electron chi connectivity index (χ0n) is 64.1. The van der Waals surface area contributed by atoms with Gasteiger partial charge in [0.15, 0.2) is 12.2 Å². The number of aliphatic hydroxyl groups excluding tert-OH is 1. The Morgan fingerprint density at radius 3 is 0.776 bits per heavy atom. The van der Waals surface area contributed by atoms with E-state index in [1.54, 1.807) is 0 Å². The minimum atomic E-state index is -4.96. The zero-order valence-corrected chi connectivity index (χ0v) is 65.9. The van der Waals surface area contributed by atoms with Gasteiger partial charge in [-0.15, -0.1) is 0 Å². The molecule has 582 valence electrons. The van der Waals surface area contributed by atoms with Gasteiger partial charge in [-0.25, -0.2) is 9.13 Å². The molecule has 0 aromatic rings. The van der Waals surface area contributed by atoms with E-state index >= 15 is 0 Å². The normalized spacial score (nSPS) is 14.2. The van der Waals surface area contributed by atoms with Crippen molar-refractivity contribution in [3.8, 4) is 0 Å². The molecule has 3 unspecified atom stereocenters. The van der Waals surface area contributed by atoms with Gasteiger partial charge in [0.2, 0.25) is 0 Å². The van der Waals surface area contributed by atoms with Crippen LogP contribution in [0.5, 0.6) is 0 Å². The lowest BCUT2D eigenvalue weighted by Gasteiger charge is -2.21. The number of aliphatic hydroxyl groups is 1. The van der Waals surface area contributed by atoms with E-state index in [4.69, 9.17) is 37.0 Å².